The van der Waals surface area contributed by atoms with E-state index in [-0.39, 0.29) is 18.8 Å². The fourth-order valence-electron chi connectivity index (χ4n) is 2.71. The SMILES string of the molecule is Cc1cc(=O)oc2cc(OCC(O)CC3=CC(=O)C(C)(C)O3)ccc12. The molecule has 3 rings (SSSR count). The molecule has 0 spiro atoms. The summed E-state index contributed by atoms with van der Waals surface area (Å²) >= 11 is 0. The van der Waals surface area contributed by atoms with Gasteiger partial charge in [0.15, 0.2) is 5.60 Å². The van der Waals surface area contributed by atoms with Crippen LogP contribution >= 0.6 is 0 Å². The van der Waals surface area contributed by atoms with Gasteiger partial charge >= 0.3 is 5.63 Å². The number of fused-ring (bicyclic) bond motifs is 1. The molecule has 1 N–H and O–H groups in total. The van der Waals surface area contributed by atoms with E-state index in [9.17, 15) is 14.7 Å². The van der Waals surface area contributed by atoms with Crippen molar-refractivity contribution in [2.24, 2.45) is 0 Å². The van der Waals surface area contributed by atoms with Crippen LogP contribution in [0.1, 0.15) is 25.8 Å². The van der Waals surface area contributed by atoms with Gasteiger partial charge in [-0.2, -0.15) is 0 Å². The lowest BCUT2D eigenvalue weighted by molar-refractivity contribution is -0.127. The Morgan fingerprint density at radius 3 is 2.68 bits per heavy atom. The smallest absolute Gasteiger partial charge is 0.336 e. The molecule has 0 amide bonds. The second kappa shape index (κ2) is 6.37. The summed E-state index contributed by atoms with van der Waals surface area (Å²) in [7, 11) is 0. The Bertz CT molecular complexity index is 906. The Hall–Kier alpha value is -2.60. The van der Waals surface area contributed by atoms with Crippen LogP contribution in [0.25, 0.3) is 11.0 Å². The Morgan fingerprint density at radius 2 is 2.00 bits per heavy atom. The van der Waals surface area contributed by atoms with Crippen LogP contribution in [-0.4, -0.2) is 29.2 Å². The van der Waals surface area contributed by atoms with Crippen LogP contribution in [0.4, 0.5) is 0 Å². The zero-order chi connectivity index (χ0) is 18.2. The van der Waals surface area contributed by atoms with E-state index in [1.165, 1.54) is 12.1 Å². The minimum atomic E-state index is -0.871. The number of carbonyl (C=O) groups is 1. The van der Waals surface area contributed by atoms with E-state index >= 15 is 0 Å². The molecule has 1 atom stereocenters. The van der Waals surface area contributed by atoms with E-state index in [2.05, 4.69) is 0 Å². The number of carbonyl (C=O) groups excluding carboxylic acids is 1. The summed E-state index contributed by atoms with van der Waals surface area (Å²) in [6.07, 6.45) is 0.779. The third-order valence-corrected chi connectivity index (χ3v) is 4.07. The molecule has 0 radical (unpaired) electrons. The van der Waals surface area contributed by atoms with E-state index in [4.69, 9.17) is 13.9 Å². The molecule has 0 saturated carbocycles. The Balaban J connectivity index is 1.64. The summed E-state index contributed by atoms with van der Waals surface area (Å²) in [4.78, 5) is 23.2. The molecule has 1 aromatic heterocycles. The van der Waals surface area contributed by atoms with E-state index in [1.54, 1.807) is 32.0 Å². The molecule has 6 nitrogen and oxygen atoms in total. The summed E-state index contributed by atoms with van der Waals surface area (Å²) in [5, 5.41) is 10.9. The first-order valence-corrected chi connectivity index (χ1v) is 8.04. The number of ketones is 1. The molecule has 1 unspecified atom stereocenters. The predicted molar refractivity (Wildman–Crippen MR) is 91.6 cm³/mol. The lowest BCUT2D eigenvalue weighted by Gasteiger charge is -2.19. The summed E-state index contributed by atoms with van der Waals surface area (Å²) < 4.78 is 16.2. The minimum Gasteiger partial charge on any atom is -0.491 e. The Kier molecular flexibility index (Phi) is 4.39. The first-order valence-electron chi connectivity index (χ1n) is 8.04. The van der Waals surface area contributed by atoms with Crippen LogP contribution in [0.2, 0.25) is 0 Å². The zero-order valence-corrected chi connectivity index (χ0v) is 14.4. The average molecular weight is 344 g/mol. The maximum atomic E-state index is 11.7. The van der Waals surface area contributed by atoms with Gasteiger partial charge in [-0.05, 0) is 38.5 Å². The van der Waals surface area contributed by atoms with Crippen LogP contribution in [-0.2, 0) is 9.53 Å². The molecule has 25 heavy (non-hydrogen) atoms. The van der Waals surface area contributed by atoms with Crippen LogP contribution in [0.3, 0.4) is 0 Å². The number of ether oxygens (including phenoxy) is 2. The molecule has 0 saturated heterocycles. The van der Waals surface area contributed by atoms with Crippen LogP contribution in [0.5, 0.6) is 5.75 Å². The number of aliphatic hydroxyl groups excluding tert-OH is 1. The van der Waals surface area contributed by atoms with Crippen molar-refractivity contribution in [1.29, 1.82) is 0 Å². The van der Waals surface area contributed by atoms with Gasteiger partial charge < -0.3 is 19.0 Å². The van der Waals surface area contributed by atoms with Crippen LogP contribution in [0, 0.1) is 6.92 Å². The fourth-order valence-corrected chi connectivity index (χ4v) is 2.71. The standard InChI is InChI=1S/C19H20O6/c1-11-6-18(22)24-16-8-13(4-5-15(11)16)23-10-12(20)7-14-9-17(21)19(2,3)25-14/h4-6,8-9,12,20H,7,10H2,1-3H3. The number of hydrogen-bond donors (Lipinski definition) is 1. The van der Waals surface area contributed by atoms with Crippen molar-refractivity contribution in [2.75, 3.05) is 6.61 Å². The van der Waals surface area contributed by atoms with Crippen molar-refractivity contribution >= 4 is 16.8 Å². The van der Waals surface area contributed by atoms with Gasteiger partial charge in [-0.25, -0.2) is 4.79 Å². The van der Waals surface area contributed by atoms with E-state index in [1.807, 2.05) is 6.92 Å². The first-order chi connectivity index (χ1) is 11.7. The molecule has 0 fully saturated rings. The molecule has 0 aliphatic carbocycles. The largest absolute Gasteiger partial charge is 0.491 e. The predicted octanol–water partition coefficient (Wildman–Crippen LogP) is 2.49. The molecule has 2 heterocycles. The number of aryl methyl sites for hydroxylation is 1. The highest BCUT2D eigenvalue weighted by Crippen LogP contribution is 2.27. The van der Waals surface area contributed by atoms with Crippen molar-refractivity contribution in [3.05, 3.63) is 52.1 Å². The van der Waals surface area contributed by atoms with Gasteiger partial charge in [0.1, 0.15) is 23.7 Å². The number of aliphatic hydroxyl groups is 1. The molecule has 1 aliphatic rings. The lowest BCUT2D eigenvalue weighted by atomic mass is 10.1. The topological polar surface area (TPSA) is 86.0 Å². The highest BCUT2D eigenvalue weighted by Gasteiger charge is 2.35. The molecular formula is C19H20O6. The highest BCUT2D eigenvalue weighted by molar-refractivity contribution is 5.98. The quantitative estimate of drug-likeness (QED) is 0.839. The summed E-state index contributed by atoms with van der Waals surface area (Å²) in [5.74, 6) is 0.819. The molecule has 6 heteroatoms. The van der Waals surface area contributed by atoms with Crippen molar-refractivity contribution in [2.45, 2.75) is 38.9 Å². The monoisotopic (exact) mass is 344 g/mol. The Labute approximate surface area is 144 Å². The second-order valence-electron chi connectivity index (χ2n) is 6.66. The normalized spacial score (nSPS) is 17.3. The van der Waals surface area contributed by atoms with E-state index < -0.39 is 17.3 Å². The summed E-state index contributed by atoms with van der Waals surface area (Å²) in [6, 6.07) is 6.61. The first kappa shape index (κ1) is 17.2. The molecule has 1 aromatic carbocycles. The van der Waals surface area contributed by atoms with Crippen molar-refractivity contribution < 1.29 is 23.8 Å². The zero-order valence-electron chi connectivity index (χ0n) is 14.4. The molecule has 1 aliphatic heterocycles. The van der Waals surface area contributed by atoms with E-state index in [0.717, 1.165) is 10.9 Å². The van der Waals surface area contributed by atoms with Gasteiger partial charge in [-0.1, -0.05) is 0 Å². The van der Waals surface area contributed by atoms with Gasteiger partial charge in [0.2, 0.25) is 5.78 Å². The van der Waals surface area contributed by atoms with Gasteiger partial charge in [-0.15, -0.1) is 0 Å². The molecular weight excluding hydrogens is 324 g/mol. The van der Waals surface area contributed by atoms with Gasteiger partial charge in [0.25, 0.3) is 0 Å². The average Bonchev–Trinajstić information content (AvgIpc) is 2.76. The lowest BCUT2D eigenvalue weighted by Crippen LogP contribution is -2.28. The van der Waals surface area contributed by atoms with Crippen molar-refractivity contribution in [3.8, 4) is 5.75 Å². The fraction of sp³-hybridized carbons (Fsp3) is 0.368. The number of rotatable bonds is 5. The second-order valence-corrected chi connectivity index (χ2v) is 6.66. The minimum absolute atomic E-state index is 0.0247. The molecule has 132 valence electrons. The van der Waals surface area contributed by atoms with Gasteiger partial charge in [-0.3, -0.25) is 4.79 Å². The highest BCUT2D eigenvalue weighted by atomic mass is 16.5. The Morgan fingerprint density at radius 1 is 1.24 bits per heavy atom. The van der Waals surface area contributed by atoms with Crippen molar-refractivity contribution in [3.63, 3.8) is 0 Å². The van der Waals surface area contributed by atoms with Crippen LogP contribution < -0.4 is 10.4 Å². The summed E-state index contributed by atoms with van der Waals surface area (Å²) in [5.41, 5.74) is -0.0229. The maximum Gasteiger partial charge on any atom is 0.336 e. The third kappa shape index (κ3) is 3.74. The van der Waals surface area contributed by atoms with E-state index in [0.29, 0.717) is 17.1 Å². The third-order valence-electron chi connectivity index (χ3n) is 4.07. The molecule has 0 bridgehead atoms. The summed E-state index contributed by atoms with van der Waals surface area (Å²) in [6.45, 7) is 5.23. The van der Waals surface area contributed by atoms with Gasteiger partial charge in [0, 0.05) is 30.0 Å². The van der Waals surface area contributed by atoms with Crippen LogP contribution in [0.15, 0.2) is 45.3 Å². The van der Waals surface area contributed by atoms with Gasteiger partial charge in [0.05, 0.1) is 6.10 Å². The van der Waals surface area contributed by atoms with Crippen molar-refractivity contribution in [1.82, 2.24) is 0 Å². The molecule has 2 aromatic rings. The number of benzene rings is 1. The number of hydrogen-bond acceptors (Lipinski definition) is 6. The maximum absolute atomic E-state index is 11.7.